The van der Waals surface area contributed by atoms with Crippen LogP contribution in [0.15, 0.2) is 24.3 Å². The summed E-state index contributed by atoms with van der Waals surface area (Å²) in [6.07, 6.45) is -4.68. The Morgan fingerprint density at radius 1 is 0.962 bits per heavy atom. The third kappa shape index (κ3) is 5.25. The van der Waals surface area contributed by atoms with E-state index in [1.807, 2.05) is 9.80 Å². The lowest BCUT2D eigenvalue weighted by molar-refractivity contribution is -0.274. The zero-order chi connectivity index (χ0) is 18.6. The molecule has 0 unspecified atom stereocenters. The molecular weight excluding hydrogens is 351 g/mol. The van der Waals surface area contributed by atoms with Gasteiger partial charge in [0.15, 0.2) is 0 Å². The van der Waals surface area contributed by atoms with Crippen LogP contribution in [0.1, 0.15) is 5.56 Å². The SMILES string of the molecule is O=C(N1CCOCC1)N1CCN(Cc2ccc(OC(F)(F)F)cc2)CC1. The Morgan fingerprint density at radius 2 is 1.54 bits per heavy atom. The molecule has 2 aliphatic rings. The third-order valence-corrected chi connectivity index (χ3v) is 4.49. The summed E-state index contributed by atoms with van der Waals surface area (Å²) in [4.78, 5) is 18.3. The van der Waals surface area contributed by atoms with E-state index in [9.17, 15) is 18.0 Å². The zero-order valence-corrected chi connectivity index (χ0v) is 14.4. The monoisotopic (exact) mass is 373 g/mol. The molecule has 0 saturated carbocycles. The molecule has 0 spiro atoms. The maximum Gasteiger partial charge on any atom is 0.573 e. The number of nitrogens with zero attached hydrogens (tertiary/aromatic N) is 3. The van der Waals surface area contributed by atoms with Crippen molar-refractivity contribution in [2.75, 3.05) is 52.5 Å². The van der Waals surface area contributed by atoms with Crippen molar-refractivity contribution in [2.24, 2.45) is 0 Å². The number of urea groups is 1. The number of halogens is 3. The Labute approximate surface area is 150 Å². The molecule has 144 valence electrons. The molecule has 0 atom stereocenters. The van der Waals surface area contributed by atoms with E-state index in [-0.39, 0.29) is 11.8 Å². The Hall–Kier alpha value is -2.00. The highest BCUT2D eigenvalue weighted by Crippen LogP contribution is 2.23. The molecule has 1 aromatic carbocycles. The van der Waals surface area contributed by atoms with E-state index in [0.29, 0.717) is 45.9 Å². The minimum absolute atomic E-state index is 0.0570. The molecular formula is C17H22F3N3O3. The van der Waals surface area contributed by atoms with Crippen LogP contribution in [0, 0.1) is 0 Å². The van der Waals surface area contributed by atoms with Gasteiger partial charge in [-0.2, -0.15) is 0 Å². The van der Waals surface area contributed by atoms with E-state index >= 15 is 0 Å². The van der Waals surface area contributed by atoms with Crippen LogP contribution in [0.3, 0.4) is 0 Å². The second-order valence-electron chi connectivity index (χ2n) is 6.34. The number of hydrogen-bond donors (Lipinski definition) is 0. The molecule has 26 heavy (non-hydrogen) atoms. The second-order valence-corrected chi connectivity index (χ2v) is 6.34. The smallest absolute Gasteiger partial charge is 0.406 e. The van der Waals surface area contributed by atoms with Crippen LogP contribution in [-0.2, 0) is 11.3 Å². The quantitative estimate of drug-likeness (QED) is 0.815. The highest BCUT2D eigenvalue weighted by atomic mass is 19.4. The Kier molecular flexibility index (Phi) is 5.87. The number of hydrogen-bond acceptors (Lipinski definition) is 4. The highest BCUT2D eigenvalue weighted by molar-refractivity contribution is 5.74. The maximum absolute atomic E-state index is 12.4. The number of benzene rings is 1. The van der Waals surface area contributed by atoms with Crippen molar-refractivity contribution in [3.8, 4) is 5.75 Å². The normalized spacial score (nSPS) is 19.5. The first kappa shape index (κ1) is 18.8. The number of carbonyl (C=O) groups is 1. The summed E-state index contributed by atoms with van der Waals surface area (Å²) in [5, 5.41) is 0. The van der Waals surface area contributed by atoms with Crippen LogP contribution >= 0.6 is 0 Å². The molecule has 0 bridgehead atoms. The van der Waals surface area contributed by atoms with Gasteiger partial charge >= 0.3 is 12.4 Å². The fraction of sp³-hybridized carbons (Fsp3) is 0.588. The lowest BCUT2D eigenvalue weighted by Crippen LogP contribution is -2.54. The molecule has 2 saturated heterocycles. The first-order valence-corrected chi connectivity index (χ1v) is 8.59. The number of ether oxygens (including phenoxy) is 2. The van der Waals surface area contributed by atoms with E-state index in [1.54, 1.807) is 12.1 Å². The van der Waals surface area contributed by atoms with Gasteiger partial charge in [0.05, 0.1) is 13.2 Å². The summed E-state index contributed by atoms with van der Waals surface area (Å²) in [5.41, 5.74) is 0.910. The number of carbonyl (C=O) groups excluding carboxylic acids is 1. The van der Waals surface area contributed by atoms with Gasteiger partial charge in [0.25, 0.3) is 0 Å². The van der Waals surface area contributed by atoms with Crippen LogP contribution in [0.4, 0.5) is 18.0 Å². The van der Waals surface area contributed by atoms with Crippen LogP contribution in [-0.4, -0.2) is 79.6 Å². The van der Waals surface area contributed by atoms with Gasteiger partial charge in [-0.15, -0.1) is 13.2 Å². The average molecular weight is 373 g/mol. The fourth-order valence-electron chi connectivity index (χ4n) is 3.11. The fourth-order valence-corrected chi connectivity index (χ4v) is 3.11. The van der Waals surface area contributed by atoms with Crippen molar-refractivity contribution in [1.29, 1.82) is 0 Å². The van der Waals surface area contributed by atoms with Gasteiger partial charge in [-0.25, -0.2) is 4.79 Å². The summed E-state index contributed by atoms with van der Waals surface area (Å²) in [5.74, 6) is -0.220. The Balaban J connectivity index is 1.45. The molecule has 2 amide bonds. The zero-order valence-electron chi connectivity index (χ0n) is 14.4. The van der Waals surface area contributed by atoms with Crippen molar-refractivity contribution < 1.29 is 27.4 Å². The molecule has 0 N–H and O–H groups in total. The molecule has 0 aromatic heterocycles. The molecule has 9 heteroatoms. The van der Waals surface area contributed by atoms with Crippen LogP contribution in [0.5, 0.6) is 5.75 Å². The minimum Gasteiger partial charge on any atom is -0.406 e. The van der Waals surface area contributed by atoms with Crippen LogP contribution < -0.4 is 4.74 Å². The minimum atomic E-state index is -4.68. The van der Waals surface area contributed by atoms with Gasteiger partial charge in [0.1, 0.15) is 5.75 Å². The van der Waals surface area contributed by atoms with Crippen molar-refractivity contribution in [2.45, 2.75) is 12.9 Å². The summed E-state index contributed by atoms with van der Waals surface area (Å²) in [7, 11) is 0. The molecule has 2 aliphatic heterocycles. The predicted molar refractivity (Wildman–Crippen MR) is 87.8 cm³/mol. The average Bonchev–Trinajstić information content (AvgIpc) is 2.63. The van der Waals surface area contributed by atoms with E-state index < -0.39 is 6.36 Å². The number of morpholine rings is 1. The first-order chi connectivity index (χ1) is 12.4. The van der Waals surface area contributed by atoms with Crippen molar-refractivity contribution >= 4 is 6.03 Å². The topological polar surface area (TPSA) is 45.2 Å². The van der Waals surface area contributed by atoms with Gasteiger partial charge in [-0.3, -0.25) is 4.90 Å². The van der Waals surface area contributed by atoms with Crippen molar-refractivity contribution in [3.05, 3.63) is 29.8 Å². The van der Waals surface area contributed by atoms with Crippen molar-refractivity contribution in [3.63, 3.8) is 0 Å². The number of piperazine rings is 1. The highest BCUT2D eigenvalue weighted by Gasteiger charge is 2.31. The maximum atomic E-state index is 12.4. The molecule has 0 aliphatic carbocycles. The Bertz CT molecular complexity index is 596. The van der Waals surface area contributed by atoms with Crippen LogP contribution in [0.25, 0.3) is 0 Å². The molecule has 2 heterocycles. The standard InChI is InChI=1S/C17H22F3N3O3/c18-17(19,20)26-15-3-1-14(2-4-15)13-21-5-7-22(8-6-21)16(24)23-9-11-25-12-10-23/h1-4H,5-13H2. The predicted octanol–water partition coefficient (Wildman–Crippen LogP) is 2.16. The van der Waals surface area contributed by atoms with E-state index in [0.717, 1.165) is 18.7 Å². The molecule has 1 aromatic rings. The molecule has 3 rings (SSSR count). The van der Waals surface area contributed by atoms with Gasteiger partial charge in [-0.05, 0) is 17.7 Å². The van der Waals surface area contributed by atoms with Gasteiger partial charge in [-0.1, -0.05) is 12.1 Å². The molecule has 2 fully saturated rings. The summed E-state index contributed by atoms with van der Waals surface area (Å²) >= 11 is 0. The van der Waals surface area contributed by atoms with Crippen LogP contribution in [0.2, 0.25) is 0 Å². The van der Waals surface area contributed by atoms with E-state index in [2.05, 4.69) is 9.64 Å². The van der Waals surface area contributed by atoms with Gasteiger partial charge < -0.3 is 19.3 Å². The Morgan fingerprint density at radius 3 is 2.12 bits per heavy atom. The molecule has 6 nitrogen and oxygen atoms in total. The van der Waals surface area contributed by atoms with Gasteiger partial charge in [0, 0.05) is 45.8 Å². The molecule has 0 radical (unpaired) electrons. The third-order valence-electron chi connectivity index (χ3n) is 4.49. The largest absolute Gasteiger partial charge is 0.573 e. The lowest BCUT2D eigenvalue weighted by atomic mass is 10.2. The summed E-state index contributed by atoms with van der Waals surface area (Å²) in [6.45, 7) is 5.81. The lowest BCUT2D eigenvalue weighted by Gasteiger charge is -2.38. The van der Waals surface area contributed by atoms with Crippen molar-refractivity contribution in [1.82, 2.24) is 14.7 Å². The number of amides is 2. The first-order valence-electron chi connectivity index (χ1n) is 8.59. The van der Waals surface area contributed by atoms with E-state index in [1.165, 1.54) is 12.1 Å². The summed E-state index contributed by atoms with van der Waals surface area (Å²) in [6, 6.07) is 5.96. The van der Waals surface area contributed by atoms with E-state index in [4.69, 9.17) is 4.74 Å². The number of alkyl halides is 3. The van der Waals surface area contributed by atoms with Gasteiger partial charge in [0.2, 0.25) is 0 Å². The second kappa shape index (κ2) is 8.13. The number of rotatable bonds is 3. The summed E-state index contributed by atoms with van der Waals surface area (Å²) < 4.78 is 45.7.